The van der Waals surface area contributed by atoms with Crippen molar-refractivity contribution in [2.24, 2.45) is 0 Å². The second-order valence-electron chi connectivity index (χ2n) is 2.90. The molecule has 0 atom stereocenters. The van der Waals surface area contributed by atoms with Crippen LogP contribution in [0.5, 0.6) is 0 Å². The fourth-order valence-electron chi connectivity index (χ4n) is 0.902. The van der Waals surface area contributed by atoms with E-state index in [4.69, 9.17) is 0 Å². The van der Waals surface area contributed by atoms with Gasteiger partial charge in [0.1, 0.15) is 6.54 Å². The number of thiazole rings is 1. The Kier molecular flexibility index (Phi) is 4.53. The Labute approximate surface area is 93.9 Å². The van der Waals surface area contributed by atoms with Gasteiger partial charge in [-0.2, -0.15) is 13.2 Å². The van der Waals surface area contributed by atoms with Crippen molar-refractivity contribution < 1.29 is 18.0 Å². The predicted octanol–water partition coefficient (Wildman–Crippen LogP) is 1.55. The topological polar surface area (TPSA) is 54.0 Å². The highest BCUT2D eigenvalue weighted by atomic mass is 32.1. The summed E-state index contributed by atoms with van der Waals surface area (Å²) in [4.78, 5) is 14.8. The van der Waals surface area contributed by atoms with E-state index in [-0.39, 0.29) is 6.54 Å². The largest absolute Gasteiger partial charge is 0.405 e. The molecule has 1 heterocycles. The molecule has 1 aromatic rings. The van der Waals surface area contributed by atoms with Gasteiger partial charge in [0.05, 0.1) is 5.01 Å². The van der Waals surface area contributed by atoms with Crippen LogP contribution in [0.25, 0.3) is 0 Å². The Morgan fingerprint density at radius 1 is 1.44 bits per heavy atom. The van der Waals surface area contributed by atoms with Crippen LogP contribution in [-0.2, 0) is 6.42 Å². The van der Waals surface area contributed by atoms with Crippen LogP contribution in [-0.4, -0.2) is 30.3 Å². The van der Waals surface area contributed by atoms with Crippen LogP contribution in [0.2, 0.25) is 0 Å². The lowest BCUT2D eigenvalue weighted by atomic mass is 10.4. The van der Waals surface area contributed by atoms with Crippen molar-refractivity contribution in [3.05, 3.63) is 16.6 Å². The van der Waals surface area contributed by atoms with Crippen LogP contribution in [0.3, 0.4) is 0 Å². The Morgan fingerprint density at radius 3 is 2.75 bits per heavy atom. The number of hydrogen-bond donors (Lipinski definition) is 2. The smallest absolute Gasteiger partial charge is 0.338 e. The van der Waals surface area contributed by atoms with E-state index in [9.17, 15) is 18.0 Å². The second kappa shape index (κ2) is 5.69. The lowest BCUT2D eigenvalue weighted by molar-refractivity contribution is -0.122. The van der Waals surface area contributed by atoms with Gasteiger partial charge in [-0.3, -0.25) is 0 Å². The van der Waals surface area contributed by atoms with Gasteiger partial charge in [-0.1, -0.05) is 0 Å². The summed E-state index contributed by atoms with van der Waals surface area (Å²) >= 11 is 1.43. The maximum atomic E-state index is 11.7. The molecule has 2 N–H and O–H groups in total. The standard InChI is InChI=1S/C8H10F3N3OS/c9-8(10,11)5-14-7(15)13-2-1-6-12-3-4-16-6/h3-4H,1-2,5H2,(H2,13,14,15). The molecule has 1 aromatic heterocycles. The number of amides is 2. The van der Waals surface area contributed by atoms with E-state index in [0.717, 1.165) is 5.01 Å². The molecule has 0 aliphatic heterocycles. The van der Waals surface area contributed by atoms with Gasteiger partial charge in [-0.25, -0.2) is 9.78 Å². The van der Waals surface area contributed by atoms with Gasteiger partial charge in [-0.15, -0.1) is 11.3 Å². The molecule has 90 valence electrons. The first-order valence-corrected chi connectivity index (χ1v) is 5.32. The first-order chi connectivity index (χ1) is 7.47. The maximum Gasteiger partial charge on any atom is 0.405 e. The monoisotopic (exact) mass is 253 g/mol. The summed E-state index contributed by atoms with van der Waals surface area (Å²) < 4.78 is 35.1. The van der Waals surface area contributed by atoms with Gasteiger partial charge in [0.2, 0.25) is 0 Å². The number of rotatable bonds is 4. The van der Waals surface area contributed by atoms with E-state index in [1.54, 1.807) is 16.9 Å². The summed E-state index contributed by atoms with van der Waals surface area (Å²) in [6, 6.07) is -0.825. The molecule has 0 radical (unpaired) electrons. The molecule has 0 saturated heterocycles. The van der Waals surface area contributed by atoms with Crippen LogP contribution < -0.4 is 10.6 Å². The van der Waals surface area contributed by atoms with E-state index in [0.29, 0.717) is 6.42 Å². The van der Waals surface area contributed by atoms with Crippen LogP contribution >= 0.6 is 11.3 Å². The first kappa shape index (κ1) is 12.8. The first-order valence-electron chi connectivity index (χ1n) is 4.44. The van der Waals surface area contributed by atoms with Gasteiger partial charge in [0.25, 0.3) is 0 Å². The average molecular weight is 253 g/mol. The maximum absolute atomic E-state index is 11.7. The Balaban J connectivity index is 2.11. The molecular formula is C8H10F3N3OS. The highest BCUT2D eigenvalue weighted by molar-refractivity contribution is 7.09. The highest BCUT2D eigenvalue weighted by Crippen LogP contribution is 2.11. The minimum absolute atomic E-state index is 0.261. The predicted molar refractivity (Wildman–Crippen MR) is 53.3 cm³/mol. The third-order valence-corrected chi connectivity index (χ3v) is 2.40. The molecule has 0 aliphatic rings. The normalized spacial score (nSPS) is 11.2. The molecule has 4 nitrogen and oxygen atoms in total. The average Bonchev–Trinajstić information content (AvgIpc) is 2.66. The van der Waals surface area contributed by atoms with Crippen molar-refractivity contribution in [2.45, 2.75) is 12.6 Å². The van der Waals surface area contributed by atoms with E-state index in [2.05, 4.69) is 10.3 Å². The van der Waals surface area contributed by atoms with Gasteiger partial charge in [-0.05, 0) is 0 Å². The SMILES string of the molecule is O=C(NCCc1nccs1)NCC(F)(F)F. The quantitative estimate of drug-likeness (QED) is 0.855. The molecule has 0 aliphatic carbocycles. The Bertz CT molecular complexity index is 326. The zero-order valence-electron chi connectivity index (χ0n) is 8.17. The fourth-order valence-corrected chi connectivity index (χ4v) is 1.52. The third-order valence-electron chi connectivity index (χ3n) is 1.56. The molecule has 1 rings (SSSR count). The fraction of sp³-hybridized carbons (Fsp3) is 0.500. The highest BCUT2D eigenvalue weighted by Gasteiger charge is 2.27. The summed E-state index contributed by atoms with van der Waals surface area (Å²) in [5.74, 6) is 0. The van der Waals surface area contributed by atoms with Crippen molar-refractivity contribution in [3.8, 4) is 0 Å². The second-order valence-corrected chi connectivity index (χ2v) is 3.88. The summed E-state index contributed by atoms with van der Waals surface area (Å²) in [7, 11) is 0. The van der Waals surface area contributed by atoms with Gasteiger partial charge < -0.3 is 10.6 Å². The Morgan fingerprint density at radius 2 is 2.19 bits per heavy atom. The lowest BCUT2D eigenvalue weighted by Crippen LogP contribution is -2.41. The number of urea groups is 1. The molecule has 0 bridgehead atoms. The summed E-state index contributed by atoms with van der Waals surface area (Å²) in [5.41, 5.74) is 0. The van der Waals surface area contributed by atoms with Crippen molar-refractivity contribution >= 4 is 17.4 Å². The third kappa shape index (κ3) is 5.54. The van der Waals surface area contributed by atoms with Crippen molar-refractivity contribution in [1.29, 1.82) is 0 Å². The van der Waals surface area contributed by atoms with Crippen molar-refractivity contribution in [2.75, 3.05) is 13.1 Å². The van der Waals surface area contributed by atoms with Crippen molar-refractivity contribution in [3.63, 3.8) is 0 Å². The number of hydrogen-bond acceptors (Lipinski definition) is 3. The van der Waals surface area contributed by atoms with E-state index < -0.39 is 18.8 Å². The Hall–Kier alpha value is -1.31. The van der Waals surface area contributed by atoms with E-state index in [1.165, 1.54) is 11.3 Å². The van der Waals surface area contributed by atoms with Crippen LogP contribution in [0.4, 0.5) is 18.0 Å². The van der Waals surface area contributed by atoms with Crippen LogP contribution in [0, 0.1) is 0 Å². The molecule has 0 saturated carbocycles. The van der Waals surface area contributed by atoms with Gasteiger partial charge in [0, 0.05) is 24.5 Å². The molecular weight excluding hydrogens is 243 g/mol. The number of nitrogens with one attached hydrogen (secondary N) is 2. The van der Waals surface area contributed by atoms with Crippen LogP contribution in [0.1, 0.15) is 5.01 Å². The molecule has 2 amide bonds. The molecule has 8 heteroatoms. The number of alkyl halides is 3. The number of halogens is 3. The minimum atomic E-state index is -4.38. The van der Waals surface area contributed by atoms with Gasteiger partial charge in [0.15, 0.2) is 0 Å². The molecule has 0 fully saturated rings. The zero-order valence-corrected chi connectivity index (χ0v) is 8.99. The lowest BCUT2D eigenvalue weighted by Gasteiger charge is -2.08. The summed E-state index contributed by atoms with van der Waals surface area (Å²) in [6.07, 6.45) is -2.24. The van der Waals surface area contributed by atoms with Crippen molar-refractivity contribution in [1.82, 2.24) is 15.6 Å². The summed E-state index contributed by atoms with van der Waals surface area (Å²) in [6.45, 7) is -1.06. The minimum Gasteiger partial charge on any atom is -0.338 e. The summed E-state index contributed by atoms with van der Waals surface area (Å²) in [5, 5.41) is 6.64. The number of carbonyl (C=O) groups is 1. The van der Waals surface area contributed by atoms with E-state index in [1.807, 2.05) is 0 Å². The molecule has 0 spiro atoms. The van der Waals surface area contributed by atoms with E-state index >= 15 is 0 Å². The molecule has 0 aromatic carbocycles. The number of nitrogens with zero attached hydrogens (tertiary/aromatic N) is 1. The zero-order chi connectivity index (χ0) is 12.0. The number of carbonyl (C=O) groups excluding carboxylic acids is 1. The van der Waals surface area contributed by atoms with Crippen LogP contribution in [0.15, 0.2) is 11.6 Å². The van der Waals surface area contributed by atoms with Gasteiger partial charge >= 0.3 is 12.2 Å². The molecule has 16 heavy (non-hydrogen) atoms. The molecule has 0 unspecified atom stereocenters. The number of aromatic nitrogens is 1.